The third-order valence-electron chi connectivity index (χ3n) is 7.11. The van der Waals surface area contributed by atoms with Gasteiger partial charge in [-0.3, -0.25) is 9.69 Å². The van der Waals surface area contributed by atoms with E-state index in [-0.39, 0.29) is 5.91 Å². The molecule has 1 amide bonds. The van der Waals surface area contributed by atoms with Gasteiger partial charge in [0, 0.05) is 39.3 Å². The van der Waals surface area contributed by atoms with Crippen LogP contribution in [0.4, 0.5) is 5.69 Å². The molecule has 4 aromatic rings. The lowest BCUT2D eigenvalue weighted by Gasteiger charge is -2.36. The Morgan fingerprint density at radius 2 is 1.55 bits per heavy atom. The smallest absolute Gasteiger partial charge is 0.289 e. The molecule has 0 radical (unpaired) electrons. The molecule has 2 heterocycles. The lowest BCUT2D eigenvalue weighted by Crippen LogP contribution is -2.48. The maximum absolute atomic E-state index is 13.3. The maximum atomic E-state index is 13.3. The molecule has 0 N–H and O–H groups in total. The number of para-hydroxylation sites is 2. The van der Waals surface area contributed by atoms with Crippen LogP contribution in [0.1, 0.15) is 34.4 Å². The fourth-order valence-corrected chi connectivity index (χ4v) is 5.14. The topological polar surface area (TPSA) is 58.4 Å². The van der Waals surface area contributed by atoms with Crippen LogP contribution in [0.5, 0.6) is 11.5 Å². The summed E-state index contributed by atoms with van der Waals surface area (Å²) < 4.78 is 17.3. The number of carbonyl (C=O) groups is 1. The standard InChI is InChI=1S/C33H37N3O4/c1-3-39-31-15-8-7-14-30(31)35-18-20-36(21-19-35)33(37)32-17-16-29(40-32)25-34(23-26-10-5-4-6-11-26)24-27-12-9-13-28(22-27)38-2/h4-17,22H,3,18-21,23-25H2,1-2H3. The molecule has 0 atom stereocenters. The molecule has 1 aromatic heterocycles. The van der Waals surface area contributed by atoms with Crippen molar-refractivity contribution in [3.8, 4) is 11.5 Å². The maximum Gasteiger partial charge on any atom is 0.289 e. The molecule has 7 heteroatoms. The quantitative estimate of drug-likeness (QED) is 0.238. The molecule has 208 valence electrons. The fourth-order valence-electron chi connectivity index (χ4n) is 5.14. The summed E-state index contributed by atoms with van der Waals surface area (Å²) in [6, 6.07) is 30.3. The van der Waals surface area contributed by atoms with E-state index in [9.17, 15) is 4.79 Å². The van der Waals surface area contributed by atoms with Crippen molar-refractivity contribution >= 4 is 11.6 Å². The molecule has 0 saturated carbocycles. The molecule has 40 heavy (non-hydrogen) atoms. The minimum atomic E-state index is -0.0635. The zero-order valence-electron chi connectivity index (χ0n) is 23.3. The van der Waals surface area contributed by atoms with E-state index >= 15 is 0 Å². The molecule has 0 aliphatic carbocycles. The van der Waals surface area contributed by atoms with Gasteiger partial charge >= 0.3 is 0 Å². The van der Waals surface area contributed by atoms with Gasteiger partial charge in [-0.05, 0) is 54.4 Å². The van der Waals surface area contributed by atoms with Gasteiger partial charge in [0.1, 0.15) is 17.3 Å². The van der Waals surface area contributed by atoms with Crippen molar-refractivity contribution in [2.75, 3.05) is 44.8 Å². The van der Waals surface area contributed by atoms with Crippen molar-refractivity contribution in [3.63, 3.8) is 0 Å². The molecular formula is C33H37N3O4. The normalized spacial score (nSPS) is 13.5. The van der Waals surface area contributed by atoms with E-state index in [2.05, 4.69) is 52.3 Å². The largest absolute Gasteiger partial charge is 0.497 e. The van der Waals surface area contributed by atoms with E-state index in [1.54, 1.807) is 13.2 Å². The van der Waals surface area contributed by atoms with Crippen LogP contribution in [0.15, 0.2) is 95.4 Å². The van der Waals surface area contributed by atoms with Crippen LogP contribution in [0.2, 0.25) is 0 Å². The lowest BCUT2D eigenvalue weighted by atomic mass is 10.1. The Hall–Kier alpha value is -4.23. The first kappa shape index (κ1) is 27.3. The highest BCUT2D eigenvalue weighted by Crippen LogP contribution is 2.29. The van der Waals surface area contributed by atoms with Crippen LogP contribution in [0.25, 0.3) is 0 Å². The number of furan rings is 1. The summed E-state index contributed by atoms with van der Waals surface area (Å²) in [5.74, 6) is 2.82. The Morgan fingerprint density at radius 1 is 0.825 bits per heavy atom. The highest BCUT2D eigenvalue weighted by Gasteiger charge is 2.26. The number of carbonyl (C=O) groups excluding carboxylic acids is 1. The summed E-state index contributed by atoms with van der Waals surface area (Å²) in [6.07, 6.45) is 0. The van der Waals surface area contributed by atoms with Gasteiger partial charge in [0.05, 0.1) is 25.9 Å². The molecule has 1 aliphatic heterocycles. The van der Waals surface area contributed by atoms with Crippen molar-refractivity contribution in [1.82, 2.24) is 9.80 Å². The first-order valence-corrected chi connectivity index (χ1v) is 13.9. The number of amides is 1. The molecule has 0 bridgehead atoms. The Kier molecular flexibility index (Phi) is 9.04. The van der Waals surface area contributed by atoms with Gasteiger partial charge in [-0.1, -0.05) is 54.6 Å². The van der Waals surface area contributed by atoms with E-state index in [0.717, 1.165) is 54.7 Å². The van der Waals surface area contributed by atoms with E-state index in [1.165, 1.54) is 5.56 Å². The predicted octanol–water partition coefficient (Wildman–Crippen LogP) is 5.85. The fraction of sp³-hybridized carbons (Fsp3) is 0.303. The summed E-state index contributed by atoms with van der Waals surface area (Å²) in [5.41, 5.74) is 3.45. The van der Waals surface area contributed by atoms with Crippen LogP contribution in [-0.4, -0.2) is 55.6 Å². The molecule has 0 spiro atoms. The number of rotatable bonds is 11. The summed E-state index contributed by atoms with van der Waals surface area (Å²) >= 11 is 0. The van der Waals surface area contributed by atoms with Crippen molar-refractivity contribution in [2.45, 2.75) is 26.6 Å². The van der Waals surface area contributed by atoms with Crippen LogP contribution in [0.3, 0.4) is 0 Å². The average Bonchev–Trinajstić information content (AvgIpc) is 3.46. The molecular weight excluding hydrogens is 502 g/mol. The highest BCUT2D eigenvalue weighted by atomic mass is 16.5. The summed E-state index contributed by atoms with van der Waals surface area (Å²) in [5, 5.41) is 0. The Labute approximate surface area is 236 Å². The second-order valence-electron chi connectivity index (χ2n) is 9.93. The van der Waals surface area contributed by atoms with Crippen molar-refractivity contribution in [2.24, 2.45) is 0 Å². The molecule has 1 aliphatic rings. The SMILES string of the molecule is CCOc1ccccc1N1CCN(C(=O)c2ccc(CN(Cc3ccccc3)Cc3cccc(OC)c3)o2)CC1. The number of ether oxygens (including phenoxy) is 2. The first-order chi connectivity index (χ1) is 19.6. The van der Waals surface area contributed by atoms with Crippen LogP contribution >= 0.6 is 0 Å². The van der Waals surface area contributed by atoms with Gasteiger partial charge < -0.3 is 23.7 Å². The molecule has 7 nitrogen and oxygen atoms in total. The number of benzene rings is 3. The number of nitrogens with zero attached hydrogens (tertiary/aromatic N) is 3. The van der Waals surface area contributed by atoms with Gasteiger partial charge in [-0.15, -0.1) is 0 Å². The van der Waals surface area contributed by atoms with Crippen LogP contribution in [0, 0.1) is 0 Å². The minimum absolute atomic E-state index is 0.0635. The van der Waals surface area contributed by atoms with Crippen molar-refractivity contribution in [1.29, 1.82) is 0 Å². The van der Waals surface area contributed by atoms with E-state index in [0.29, 0.717) is 32.0 Å². The number of hydrogen-bond acceptors (Lipinski definition) is 6. The van der Waals surface area contributed by atoms with E-state index < -0.39 is 0 Å². The summed E-state index contributed by atoms with van der Waals surface area (Å²) in [6.45, 7) is 7.43. The zero-order valence-corrected chi connectivity index (χ0v) is 23.3. The zero-order chi connectivity index (χ0) is 27.7. The molecule has 5 rings (SSSR count). The predicted molar refractivity (Wildman–Crippen MR) is 157 cm³/mol. The Bertz CT molecular complexity index is 1380. The Balaban J connectivity index is 1.23. The Morgan fingerprint density at radius 3 is 2.33 bits per heavy atom. The second-order valence-corrected chi connectivity index (χ2v) is 9.93. The molecule has 3 aromatic carbocycles. The van der Waals surface area contributed by atoms with Crippen molar-refractivity contribution in [3.05, 3.63) is 114 Å². The highest BCUT2D eigenvalue weighted by molar-refractivity contribution is 5.91. The van der Waals surface area contributed by atoms with E-state index in [4.69, 9.17) is 13.9 Å². The second kappa shape index (κ2) is 13.2. The number of methoxy groups -OCH3 is 1. The minimum Gasteiger partial charge on any atom is -0.497 e. The lowest BCUT2D eigenvalue weighted by molar-refractivity contribution is 0.0710. The summed E-state index contributed by atoms with van der Waals surface area (Å²) in [7, 11) is 1.68. The average molecular weight is 540 g/mol. The van der Waals surface area contributed by atoms with Crippen molar-refractivity contribution < 1.29 is 18.7 Å². The van der Waals surface area contributed by atoms with Gasteiger partial charge in [-0.2, -0.15) is 0 Å². The number of anilines is 1. The van der Waals surface area contributed by atoms with Gasteiger partial charge in [-0.25, -0.2) is 0 Å². The monoisotopic (exact) mass is 539 g/mol. The first-order valence-electron chi connectivity index (χ1n) is 13.9. The van der Waals surface area contributed by atoms with E-state index in [1.807, 2.05) is 54.3 Å². The van der Waals surface area contributed by atoms with Crippen LogP contribution < -0.4 is 14.4 Å². The third kappa shape index (κ3) is 6.85. The van der Waals surface area contributed by atoms with Gasteiger partial charge in [0.15, 0.2) is 5.76 Å². The van der Waals surface area contributed by atoms with Gasteiger partial charge in [0.2, 0.25) is 0 Å². The molecule has 1 fully saturated rings. The molecule has 1 saturated heterocycles. The van der Waals surface area contributed by atoms with Gasteiger partial charge in [0.25, 0.3) is 5.91 Å². The molecule has 0 unspecified atom stereocenters. The van der Waals surface area contributed by atoms with Crippen LogP contribution in [-0.2, 0) is 19.6 Å². The summed E-state index contributed by atoms with van der Waals surface area (Å²) in [4.78, 5) is 19.8. The third-order valence-corrected chi connectivity index (χ3v) is 7.11. The number of hydrogen-bond donors (Lipinski definition) is 0. The number of piperazine rings is 1.